The molecule has 1 aliphatic heterocycles. The Morgan fingerprint density at radius 3 is 2.60 bits per heavy atom. The maximum Gasteiger partial charge on any atom is 0.307 e. The lowest BCUT2D eigenvalue weighted by Gasteiger charge is -2.29. The second-order valence-electron chi connectivity index (χ2n) is 5.39. The predicted molar refractivity (Wildman–Crippen MR) is 77.0 cm³/mol. The summed E-state index contributed by atoms with van der Waals surface area (Å²) < 4.78 is 0. The van der Waals surface area contributed by atoms with E-state index in [0.29, 0.717) is 25.1 Å². The summed E-state index contributed by atoms with van der Waals surface area (Å²) in [7, 11) is 0. The van der Waals surface area contributed by atoms with Gasteiger partial charge in [0.15, 0.2) is 5.78 Å². The molecular weight excluding hydrogens is 254 g/mol. The van der Waals surface area contributed by atoms with Crippen molar-refractivity contribution >= 4 is 11.8 Å². The van der Waals surface area contributed by atoms with Crippen LogP contribution in [-0.2, 0) is 11.2 Å². The second kappa shape index (κ2) is 6.66. The molecule has 0 saturated carbocycles. The molecule has 1 N–H and O–H groups in total. The van der Waals surface area contributed by atoms with E-state index in [1.54, 1.807) is 0 Å². The number of aryl methyl sites for hydroxylation is 1. The average molecular weight is 275 g/mol. The number of carboxylic acids is 1. The molecule has 0 bridgehead atoms. The Morgan fingerprint density at radius 1 is 1.30 bits per heavy atom. The van der Waals surface area contributed by atoms with E-state index >= 15 is 0 Å². The van der Waals surface area contributed by atoms with Gasteiger partial charge in [-0.15, -0.1) is 0 Å². The summed E-state index contributed by atoms with van der Waals surface area (Å²) in [5.41, 5.74) is 1.92. The minimum absolute atomic E-state index is 0.0682. The molecule has 1 aromatic rings. The first kappa shape index (κ1) is 14.7. The molecule has 4 nitrogen and oxygen atoms in total. The monoisotopic (exact) mass is 275 g/mol. The Kier molecular flexibility index (Phi) is 4.90. The van der Waals surface area contributed by atoms with E-state index in [2.05, 4.69) is 6.92 Å². The van der Waals surface area contributed by atoms with E-state index in [-0.39, 0.29) is 11.7 Å². The first-order valence-electron chi connectivity index (χ1n) is 7.17. The highest BCUT2D eigenvalue weighted by Gasteiger charge is 2.26. The molecule has 108 valence electrons. The first-order chi connectivity index (χ1) is 9.60. The molecule has 1 heterocycles. The van der Waals surface area contributed by atoms with Crippen LogP contribution in [0.4, 0.5) is 0 Å². The van der Waals surface area contributed by atoms with Crippen LogP contribution in [0.15, 0.2) is 24.3 Å². The molecular formula is C16H21NO3. The zero-order valence-corrected chi connectivity index (χ0v) is 11.8. The van der Waals surface area contributed by atoms with Crippen molar-refractivity contribution in [1.29, 1.82) is 0 Å². The maximum absolute atomic E-state index is 12.2. The van der Waals surface area contributed by atoms with Crippen LogP contribution in [0.5, 0.6) is 0 Å². The van der Waals surface area contributed by atoms with Crippen LogP contribution in [0.1, 0.15) is 35.7 Å². The molecule has 1 saturated heterocycles. The third-order valence-corrected chi connectivity index (χ3v) is 3.91. The van der Waals surface area contributed by atoms with Gasteiger partial charge in [0.2, 0.25) is 0 Å². The van der Waals surface area contributed by atoms with E-state index in [0.717, 1.165) is 19.4 Å². The van der Waals surface area contributed by atoms with Crippen molar-refractivity contribution in [3.05, 3.63) is 35.4 Å². The van der Waals surface area contributed by atoms with Crippen LogP contribution in [0.3, 0.4) is 0 Å². The van der Waals surface area contributed by atoms with E-state index in [9.17, 15) is 9.59 Å². The van der Waals surface area contributed by atoms with Crippen LogP contribution in [0.25, 0.3) is 0 Å². The number of hydrogen-bond donors (Lipinski definition) is 1. The number of carboxylic acid groups (broad SMARTS) is 1. The summed E-state index contributed by atoms with van der Waals surface area (Å²) >= 11 is 0. The highest BCUT2D eigenvalue weighted by molar-refractivity contribution is 5.97. The summed E-state index contributed by atoms with van der Waals surface area (Å²) in [6, 6.07) is 7.67. The molecule has 1 aliphatic rings. The molecule has 0 amide bonds. The van der Waals surface area contributed by atoms with Crippen LogP contribution in [-0.4, -0.2) is 41.4 Å². The van der Waals surface area contributed by atoms with Gasteiger partial charge in [-0.05, 0) is 31.4 Å². The number of carbonyl (C=O) groups is 2. The largest absolute Gasteiger partial charge is 0.481 e. The summed E-state index contributed by atoms with van der Waals surface area (Å²) in [5, 5.41) is 9.05. The van der Waals surface area contributed by atoms with Gasteiger partial charge in [0, 0.05) is 12.1 Å². The lowest BCUT2D eigenvalue weighted by molar-refractivity contribution is -0.143. The second-order valence-corrected chi connectivity index (χ2v) is 5.39. The Hall–Kier alpha value is -1.68. The standard InChI is InChI=1S/C16H21NO3/c1-2-12-5-7-13(8-6-12)15(18)11-17-9-3-4-14(10-17)16(19)20/h5-8,14H,2-4,9-11H2,1H3,(H,19,20). The van der Waals surface area contributed by atoms with Crippen molar-refractivity contribution in [3.8, 4) is 0 Å². The number of hydrogen-bond acceptors (Lipinski definition) is 3. The molecule has 0 radical (unpaired) electrons. The van der Waals surface area contributed by atoms with Crippen molar-refractivity contribution in [3.63, 3.8) is 0 Å². The van der Waals surface area contributed by atoms with Crippen molar-refractivity contribution in [2.24, 2.45) is 5.92 Å². The number of nitrogens with zero attached hydrogens (tertiary/aromatic N) is 1. The smallest absolute Gasteiger partial charge is 0.307 e. The maximum atomic E-state index is 12.2. The van der Waals surface area contributed by atoms with Gasteiger partial charge in [-0.2, -0.15) is 0 Å². The van der Waals surface area contributed by atoms with Crippen molar-refractivity contribution in [2.45, 2.75) is 26.2 Å². The number of piperidine rings is 1. The summed E-state index contributed by atoms with van der Waals surface area (Å²) in [6.45, 7) is 3.68. The molecule has 20 heavy (non-hydrogen) atoms. The van der Waals surface area contributed by atoms with E-state index in [4.69, 9.17) is 5.11 Å². The van der Waals surface area contributed by atoms with Crippen molar-refractivity contribution in [2.75, 3.05) is 19.6 Å². The lowest BCUT2D eigenvalue weighted by Crippen LogP contribution is -2.41. The number of carbonyl (C=O) groups excluding carboxylic acids is 1. The highest BCUT2D eigenvalue weighted by atomic mass is 16.4. The van der Waals surface area contributed by atoms with Crippen LogP contribution in [0, 0.1) is 5.92 Å². The molecule has 4 heteroatoms. The molecule has 2 rings (SSSR count). The Balaban J connectivity index is 1.94. The van der Waals surface area contributed by atoms with Gasteiger partial charge in [-0.1, -0.05) is 31.2 Å². The number of aliphatic carboxylic acids is 1. The fraction of sp³-hybridized carbons (Fsp3) is 0.500. The van der Waals surface area contributed by atoms with Gasteiger partial charge in [-0.25, -0.2) is 0 Å². The third-order valence-electron chi connectivity index (χ3n) is 3.91. The van der Waals surface area contributed by atoms with Crippen molar-refractivity contribution < 1.29 is 14.7 Å². The Bertz CT molecular complexity index is 481. The van der Waals surface area contributed by atoms with Gasteiger partial charge in [0.1, 0.15) is 0 Å². The minimum atomic E-state index is -0.755. The van der Waals surface area contributed by atoms with Gasteiger partial charge in [0.05, 0.1) is 12.5 Å². The molecule has 1 aromatic carbocycles. The fourth-order valence-corrected chi connectivity index (χ4v) is 2.62. The number of Topliss-reactive ketones (excluding diaryl/α,β-unsaturated/α-hetero) is 1. The SMILES string of the molecule is CCc1ccc(C(=O)CN2CCCC(C(=O)O)C2)cc1. The highest BCUT2D eigenvalue weighted by Crippen LogP contribution is 2.17. The minimum Gasteiger partial charge on any atom is -0.481 e. The quantitative estimate of drug-likeness (QED) is 0.837. The van der Waals surface area contributed by atoms with Crippen LogP contribution < -0.4 is 0 Å². The summed E-state index contributed by atoms with van der Waals surface area (Å²) in [4.78, 5) is 25.2. The first-order valence-corrected chi connectivity index (χ1v) is 7.17. The van der Waals surface area contributed by atoms with Crippen molar-refractivity contribution in [1.82, 2.24) is 4.90 Å². The molecule has 0 spiro atoms. The van der Waals surface area contributed by atoms with E-state index in [1.165, 1.54) is 5.56 Å². The van der Waals surface area contributed by atoms with Crippen LogP contribution >= 0.6 is 0 Å². The number of ketones is 1. The molecule has 0 aliphatic carbocycles. The van der Waals surface area contributed by atoms with E-state index < -0.39 is 5.97 Å². The summed E-state index contributed by atoms with van der Waals surface area (Å²) in [5.74, 6) is -1.02. The van der Waals surface area contributed by atoms with E-state index in [1.807, 2.05) is 29.2 Å². The Labute approximate surface area is 119 Å². The zero-order valence-electron chi connectivity index (χ0n) is 11.8. The molecule has 1 unspecified atom stereocenters. The molecule has 1 atom stereocenters. The topological polar surface area (TPSA) is 57.6 Å². The normalized spacial score (nSPS) is 19.8. The molecule has 0 aromatic heterocycles. The predicted octanol–water partition coefficient (Wildman–Crippen LogP) is 2.23. The molecule has 1 fully saturated rings. The zero-order chi connectivity index (χ0) is 14.5. The summed E-state index contributed by atoms with van der Waals surface area (Å²) in [6.07, 6.45) is 2.52. The third kappa shape index (κ3) is 3.67. The lowest BCUT2D eigenvalue weighted by atomic mass is 9.97. The fourth-order valence-electron chi connectivity index (χ4n) is 2.62. The number of benzene rings is 1. The van der Waals surface area contributed by atoms with Gasteiger partial charge < -0.3 is 5.11 Å². The Morgan fingerprint density at radius 2 is 2.00 bits per heavy atom. The van der Waals surface area contributed by atoms with Gasteiger partial charge in [0.25, 0.3) is 0 Å². The number of likely N-dealkylation sites (tertiary alicyclic amines) is 1. The van der Waals surface area contributed by atoms with Gasteiger partial charge >= 0.3 is 5.97 Å². The van der Waals surface area contributed by atoms with Gasteiger partial charge in [-0.3, -0.25) is 14.5 Å². The van der Waals surface area contributed by atoms with Crippen LogP contribution in [0.2, 0.25) is 0 Å². The average Bonchev–Trinajstić information content (AvgIpc) is 2.47. The number of rotatable bonds is 5.